The van der Waals surface area contributed by atoms with Crippen molar-refractivity contribution in [3.63, 3.8) is 0 Å². The van der Waals surface area contributed by atoms with Crippen molar-refractivity contribution in [3.8, 4) is 17.2 Å². The molecule has 1 amide bonds. The minimum Gasteiger partial charge on any atom is -0.495 e. The molecule has 0 bridgehead atoms. The number of anilines is 2. The fourth-order valence-electron chi connectivity index (χ4n) is 3.14. The third-order valence-electron chi connectivity index (χ3n) is 4.75. The first-order chi connectivity index (χ1) is 15.5. The van der Waals surface area contributed by atoms with Gasteiger partial charge in [-0.2, -0.15) is 0 Å². The molecule has 0 radical (unpaired) electrons. The van der Waals surface area contributed by atoms with Crippen molar-refractivity contribution in [3.05, 3.63) is 90.1 Å². The van der Waals surface area contributed by atoms with Crippen molar-refractivity contribution in [1.29, 1.82) is 0 Å². The Labute approximate surface area is 184 Å². The van der Waals surface area contributed by atoms with Crippen LogP contribution in [-0.2, 0) is 0 Å². The van der Waals surface area contributed by atoms with Crippen LogP contribution in [0.3, 0.4) is 0 Å². The van der Waals surface area contributed by atoms with Crippen LogP contribution in [0.15, 0.2) is 77.2 Å². The van der Waals surface area contributed by atoms with Crippen molar-refractivity contribution < 1.29 is 18.3 Å². The molecule has 7 nitrogen and oxygen atoms in total. The average molecular weight is 432 g/mol. The Hall–Kier alpha value is -4.20. The molecule has 1 heterocycles. The van der Waals surface area contributed by atoms with Gasteiger partial charge in [-0.05, 0) is 55.5 Å². The summed E-state index contributed by atoms with van der Waals surface area (Å²) in [6, 6.07) is 19.9. The van der Waals surface area contributed by atoms with E-state index in [0.717, 1.165) is 5.56 Å². The van der Waals surface area contributed by atoms with Crippen LogP contribution in [0.2, 0.25) is 0 Å². The molecule has 4 aromatic rings. The van der Waals surface area contributed by atoms with E-state index in [1.54, 1.807) is 12.1 Å². The minimum atomic E-state index is -0.483. The van der Waals surface area contributed by atoms with Crippen LogP contribution >= 0.6 is 0 Å². The average Bonchev–Trinajstić information content (AvgIpc) is 3.30. The van der Waals surface area contributed by atoms with Gasteiger partial charge in [0.15, 0.2) is 0 Å². The molecule has 1 atom stereocenters. The number of hydrogen-bond donors (Lipinski definition) is 2. The lowest BCUT2D eigenvalue weighted by molar-refractivity contribution is 0.102. The number of halogens is 1. The van der Waals surface area contributed by atoms with Crippen molar-refractivity contribution >= 4 is 17.3 Å². The number of nitrogens with zero attached hydrogens (tertiary/aromatic N) is 2. The molecule has 2 N–H and O–H groups in total. The Bertz CT molecular complexity index is 1230. The largest absolute Gasteiger partial charge is 0.495 e. The van der Waals surface area contributed by atoms with Crippen molar-refractivity contribution in [2.75, 3.05) is 17.7 Å². The summed E-state index contributed by atoms with van der Waals surface area (Å²) in [4.78, 5) is 12.5. The van der Waals surface area contributed by atoms with Crippen LogP contribution in [0.25, 0.3) is 11.5 Å². The Morgan fingerprint density at radius 1 is 1.03 bits per heavy atom. The molecule has 0 saturated carbocycles. The van der Waals surface area contributed by atoms with Gasteiger partial charge in [0.1, 0.15) is 17.6 Å². The molecule has 0 spiro atoms. The molecule has 0 aliphatic carbocycles. The topological polar surface area (TPSA) is 89.3 Å². The van der Waals surface area contributed by atoms with Gasteiger partial charge in [0.2, 0.25) is 11.8 Å². The first kappa shape index (κ1) is 21.0. The molecule has 0 aliphatic rings. The summed E-state index contributed by atoms with van der Waals surface area (Å²) in [7, 11) is 1.51. The molecule has 0 fully saturated rings. The lowest BCUT2D eigenvalue weighted by Gasteiger charge is -2.15. The molecule has 3 aromatic carbocycles. The standard InChI is InChI=1S/C24H21FN4O3/c1-15(23-28-29-24(32-23)16-7-4-3-5-8-16)26-19-11-12-21(31-2)20(14-19)27-22(30)17-9-6-10-18(25)13-17/h3-15,26H,1-2H3,(H,27,30). The fraction of sp³-hybridized carbons (Fsp3) is 0.125. The number of amides is 1. The summed E-state index contributed by atoms with van der Waals surface area (Å²) < 4.78 is 24.6. The van der Waals surface area contributed by atoms with Crippen LogP contribution in [0.5, 0.6) is 5.75 Å². The van der Waals surface area contributed by atoms with Gasteiger partial charge in [-0.3, -0.25) is 4.79 Å². The van der Waals surface area contributed by atoms with E-state index in [2.05, 4.69) is 20.8 Å². The Kier molecular flexibility index (Phi) is 6.12. The molecule has 8 heteroatoms. The number of rotatable bonds is 7. The van der Waals surface area contributed by atoms with Gasteiger partial charge in [-0.15, -0.1) is 10.2 Å². The van der Waals surface area contributed by atoms with E-state index in [-0.39, 0.29) is 11.6 Å². The maximum atomic E-state index is 13.5. The number of carbonyl (C=O) groups is 1. The second kappa shape index (κ2) is 9.30. The third-order valence-corrected chi connectivity index (χ3v) is 4.75. The molecule has 162 valence electrons. The summed E-state index contributed by atoms with van der Waals surface area (Å²) in [5.74, 6) is 0.398. The Morgan fingerprint density at radius 2 is 1.84 bits per heavy atom. The van der Waals surface area contributed by atoms with E-state index in [1.807, 2.05) is 43.3 Å². The van der Waals surface area contributed by atoms with E-state index in [9.17, 15) is 9.18 Å². The predicted octanol–water partition coefficient (Wildman–Crippen LogP) is 5.31. The van der Waals surface area contributed by atoms with Gasteiger partial charge in [-0.1, -0.05) is 24.3 Å². The highest BCUT2D eigenvalue weighted by Gasteiger charge is 2.17. The summed E-state index contributed by atoms with van der Waals surface area (Å²) >= 11 is 0. The van der Waals surface area contributed by atoms with Crippen LogP contribution in [-0.4, -0.2) is 23.2 Å². The number of benzene rings is 3. The van der Waals surface area contributed by atoms with Crippen LogP contribution in [0, 0.1) is 5.82 Å². The van der Waals surface area contributed by atoms with E-state index in [1.165, 1.54) is 31.4 Å². The lowest BCUT2D eigenvalue weighted by atomic mass is 10.2. The minimum absolute atomic E-state index is 0.207. The Balaban J connectivity index is 1.51. The molecule has 32 heavy (non-hydrogen) atoms. The van der Waals surface area contributed by atoms with Gasteiger partial charge in [0.05, 0.1) is 12.8 Å². The molecular formula is C24H21FN4O3. The van der Waals surface area contributed by atoms with Crippen LogP contribution in [0.1, 0.15) is 29.2 Å². The SMILES string of the molecule is COc1ccc(NC(C)c2nnc(-c3ccccc3)o2)cc1NC(=O)c1cccc(F)c1. The highest BCUT2D eigenvalue weighted by atomic mass is 19.1. The van der Waals surface area contributed by atoms with Gasteiger partial charge >= 0.3 is 0 Å². The summed E-state index contributed by atoms with van der Waals surface area (Å²) in [5, 5.41) is 14.3. The number of nitrogens with one attached hydrogen (secondary N) is 2. The smallest absolute Gasteiger partial charge is 0.255 e. The second-order valence-electron chi connectivity index (χ2n) is 7.06. The number of ether oxygens (including phenoxy) is 1. The fourth-order valence-corrected chi connectivity index (χ4v) is 3.14. The van der Waals surface area contributed by atoms with E-state index >= 15 is 0 Å². The van der Waals surface area contributed by atoms with Crippen molar-refractivity contribution in [2.45, 2.75) is 13.0 Å². The zero-order valence-electron chi connectivity index (χ0n) is 17.5. The first-order valence-electron chi connectivity index (χ1n) is 9.94. The van der Waals surface area contributed by atoms with E-state index < -0.39 is 11.7 Å². The number of carbonyl (C=O) groups excluding carboxylic acids is 1. The molecule has 1 unspecified atom stereocenters. The maximum absolute atomic E-state index is 13.5. The molecule has 4 rings (SSSR count). The summed E-state index contributed by atoms with van der Waals surface area (Å²) in [5.41, 5.74) is 2.19. The van der Waals surface area contributed by atoms with Crippen molar-refractivity contribution in [2.24, 2.45) is 0 Å². The zero-order chi connectivity index (χ0) is 22.5. The highest BCUT2D eigenvalue weighted by Crippen LogP contribution is 2.30. The molecular weight excluding hydrogens is 411 g/mol. The third kappa shape index (κ3) is 4.75. The van der Waals surface area contributed by atoms with Crippen LogP contribution in [0.4, 0.5) is 15.8 Å². The quantitative estimate of drug-likeness (QED) is 0.411. The molecule has 1 aromatic heterocycles. The monoisotopic (exact) mass is 432 g/mol. The maximum Gasteiger partial charge on any atom is 0.255 e. The van der Waals surface area contributed by atoms with E-state index in [0.29, 0.717) is 28.9 Å². The summed E-state index contributed by atoms with van der Waals surface area (Å²) in [6.07, 6.45) is 0. The van der Waals surface area contributed by atoms with E-state index in [4.69, 9.17) is 9.15 Å². The lowest BCUT2D eigenvalue weighted by Crippen LogP contribution is -2.13. The molecule has 0 saturated heterocycles. The highest BCUT2D eigenvalue weighted by molar-refractivity contribution is 6.05. The van der Waals surface area contributed by atoms with Crippen LogP contribution < -0.4 is 15.4 Å². The zero-order valence-corrected chi connectivity index (χ0v) is 17.5. The van der Waals surface area contributed by atoms with Gasteiger partial charge in [0.25, 0.3) is 5.91 Å². The normalized spacial score (nSPS) is 11.6. The van der Waals surface area contributed by atoms with Gasteiger partial charge in [-0.25, -0.2) is 4.39 Å². The van der Waals surface area contributed by atoms with Crippen molar-refractivity contribution in [1.82, 2.24) is 10.2 Å². The Morgan fingerprint density at radius 3 is 2.59 bits per heavy atom. The van der Waals surface area contributed by atoms with Gasteiger partial charge in [0, 0.05) is 16.8 Å². The number of hydrogen-bond acceptors (Lipinski definition) is 6. The number of methoxy groups -OCH3 is 1. The predicted molar refractivity (Wildman–Crippen MR) is 119 cm³/mol. The second-order valence-corrected chi connectivity index (χ2v) is 7.06. The van der Waals surface area contributed by atoms with Gasteiger partial charge < -0.3 is 19.8 Å². The first-order valence-corrected chi connectivity index (χ1v) is 9.94. The number of aromatic nitrogens is 2. The molecule has 0 aliphatic heterocycles. The summed E-state index contributed by atoms with van der Waals surface area (Å²) in [6.45, 7) is 1.89.